The molecular weight excluding hydrogens is 325 g/mol. The number of esters is 1. The first kappa shape index (κ1) is 17.0. The highest BCUT2D eigenvalue weighted by Crippen LogP contribution is 2.28. The molecule has 5 nitrogen and oxygen atoms in total. The molecule has 2 aromatic carbocycles. The van der Waals surface area contributed by atoms with Crippen molar-refractivity contribution in [2.24, 2.45) is 0 Å². The van der Waals surface area contributed by atoms with Crippen LogP contribution in [0.15, 0.2) is 42.5 Å². The molecule has 1 atom stereocenters. The third-order valence-electron chi connectivity index (χ3n) is 4.18. The van der Waals surface area contributed by atoms with Crippen molar-refractivity contribution in [2.45, 2.75) is 19.4 Å². The van der Waals surface area contributed by atoms with Crippen LogP contribution >= 0.6 is 0 Å². The van der Waals surface area contributed by atoms with Crippen molar-refractivity contribution in [1.82, 2.24) is 0 Å². The summed E-state index contributed by atoms with van der Waals surface area (Å²) in [5, 5.41) is 0. The van der Waals surface area contributed by atoms with Gasteiger partial charge in [0.05, 0.1) is 12.7 Å². The minimum absolute atomic E-state index is 0.234. The van der Waals surface area contributed by atoms with Gasteiger partial charge in [0.15, 0.2) is 6.10 Å². The second-order valence-electron chi connectivity index (χ2n) is 5.76. The molecule has 25 heavy (non-hydrogen) atoms. The van der Waals surface area contributed by atoms with Gasteiger partial charge in [-0.2, -0.15) is 0 Å². The monoisotopic (exact) mass is 343 g/mol. The number of nitrogens with zero attached hydrogens (tertiary/aromatic N) is 1. The van der Waals surface area contributed by atoms with Crippen molar-refractivity contribution in [2.75, 3.05) is 18.6 Å². The number of halogens is 1. The van der Waals surface area contributed by atoms with E-state index >= 15 is 0 Å². The van der Waals surface area contributed by atoms with Crippen LogP contribution in [0.2, 0.25) is 0 Å². The molecule has 0 radical (unpaired) electrons. The van der Waals surface area contributed by atoms with Crippen LogP contribution in [0.5, 0.6) is 5.75 Å². The summed E-state index contributed by atoms with van der Waals surface area (Å²) in [6.45, 7) is 2.03. The minimum Gasteiger partial charge on any atom is -0.497 e. The molecule has 0 unspecified atom stereocenters. The first-order valence-corrected chi connectivity index (χ1v) is 7.95. The van der Waals surface area contributed by atoms with E-state index in [4.69, 9.17) is 9.47 Å². The highest BCUT2D eigenvalue weighted by atomic mass is 19.1. The Labute approximate surface area is 145 Å². The number of hydrogen-bond donors (Lipinski definition) is 0. The van der Waals surface area contributed by atoms with Crippen molar-refractivity contribution in [1.29, 1.82) is 0 Å². The molecule has 0 fully saturated rings. The van der Waals surface area contributed by atoms with Gasteiger partial charge in [0.2, 0.25) is 0 Å². The molecule has 0 aromatic heterocycles. The van der Waals surface area contributed by atoms with E-state index in [2.05, 4.69) is 0 Å². The van der Waals surface area contributed by atoms with E-state index in [1.165, 1.54) is 26.2 Å². The SMILES string of the molecule is COc1ccc(C(=O)O[C@H](C)C(=O)N2CCc3ccccc32)c(F)c1. The highest BCUT2D eigenvalue weighted by Gasteiger charge is 2.30. The Bertz CT molecular complexity index is 821. The van der Waals surface area contributed by atoms with Gasteiger partial charge in [-0.3, -0.25) is 4.79 Å². The molecule has 1 amide bonds. The van der Waals surface area contributed by atoms with Crippen molar-refractivity contribution < 1.29 is 23.5 Å². The quantitative estimate of drug-likeness (QED) is 0.801. The smallest absolute Gasteiger partial charge is 0.341 e. The molecule has 0 saturated heterocycles. The molecule has 3 rings (SSSR count). The fourth-order valence-corrected chi connectivity index (χ4v) is 2.85. The fraction of sp³-hybridized carbons (Fsp3) is 0.263. The summed E-state index contributed by atoms with van der Waals surface area (Å²) >= 11 is 0. The van der Waals surface area contributed by atoms with Crippen LogP contribution < -0.4 is 9.64 Å². The van der Waals surface area contributed by atoms with Gasteiger partial charge < -0.3 is 14.4 Å². The van der Waals surface area contributed by atoms with Gasteiger partial charge in [-0.25, -0.2) is 9.18 Å². The lowest BCUT2D eigenvalue weighted by Gasteiger charge is -2.21. The summed E-state index contributed by atoms with van der Waals surface area (Å²) in [6.07, 6.45) is -0.254. The van der Waals surface area contributed by atoms with Gasteiger partial charge >= 0.3 is 5.97 Å². The lowest BCUT2D eigenvalue weighted by molar-refractivity contribution is -0.126. The number of carbonyl (C=O) groups excluding carboxylic acids is 2. The molecule has 1 heterocycles. The Hall–Kier alpha value is -2.89. The van der Waals surface area contributed by atoms with Crippen LogP contribution in [0.1, 0.15) is 22.8 Å². The van der Waals surface area contributed by atoms with Crippen LogP contribution in [0.25, 0.3) is 0 Å². The number of methoxy groups -OCH3 is 1. The van der Waals surface area contributed by atoms with Gasteiger partial charge in [-0.15, -0.1) is 0 Å². The van der Waals surface area contributed by atoms with Crippen LogP contribution in [0.3, 0.4) is 0 Å². The summed E-state index contributed by atoms with van der Waals surface area (Å²) < 4.78 is 24.0. The Morgan fingerprint density at radius 3 is 2.68 bits per heavy atom. The second kappa shape index (κ2) is 6.93. The number of anilines is 1. The Morgan fingerprint density at radius 2 is 1.96 bits per heavy atom. The molecule has 0 aliphatic carbocycles. The molecule has 0 bridgehead atoms. The molecule has 0 spiro atoms. The predicted molar refractivity (Wildman–Crippen MR) is 90.3 cm³/mol. The van der Waals surface area contributed by atoms with E-state index in [1.807, 2.05) is 24.3 Å². The van der Waals surface area contributed by atoms with Gasteiger partial charge in [-0.1, -0.05) is 18.2 Å². The summed E-state index contributed by atoms with van der Waals surface area (Å²) in [6, 6.07) is 11.4. The standard InChI is InChI=1S/C19H18FNO4/c1-12(18(22)21-10-9-13-5-3-4-6-17(13)21)25-19(23)15-8-7-14(24-2)11-16(15)20/h3-8,11-12H,9-10H2,1-2H3/t12-/m1/s1. The number of amides is 1. The molecule has 130 valence electrons. The maximum atomic E-state index is 14.0. The maximum absolute atomic E-state index is 14.0. The summed E-state index contributed by atoms with van der Waals surface area (Å²) in [5.74, 6) is -1.66. The molecule has 6 heteroatoms. The van der Waals surface area contributed by atoms with E-state index in [-0.39, 0.29) is 11.5 Å². The van der Waals surface area contributed by atoms with Gasteiger partial charge in [0.1, 0.15) is 11.6 Å². The van der Waals surface area contributed by atoms with Crippen molar-refractivity contribution in [3.05, 3.63) is 59.4 Å². The second-order valence-corrected chi connectivity index (χ2v) is 5.76. The molecule has 1 aliphatic rings. The lowest BCUT2D eigenvalue weighted by atomic mass is 10.2. The zero-order chi connectivity index (χ0) is 18.0. The summed E-state index contributed by atoms with van der Waals surface area (Å²) in [4.78, 5) is 26.4. The van der Waals surface area contributed by atoms with Crippen molar-refractivity contribution in [3.63, 3.8) is 0 Å². The number of para-hydroxylation sites is 1. The number of ether oxygens (including phenoxy) is 2. The van der Waals surface area contributed by atoms with Crippen LogP contribution in [-0.4, -0.2) is 31.6 Å². The summed E-state index contributed by atoms with van der Waals surface area (Å²) in [5.41, 5.74) is 1.67. The highest BCUT2D eigenvalue weighted by molar-refractivity contribution is 6.00. The van der Waals surface area contributed by atoms with E-state index < -0.39 is 17.9 Å². The zero-order valence-corrected chi connectivity index (χ0v) is 14.0. The number of hydrogen-bond acceptors (Lipinski definition) is 4. The number of fused-ring (bicyclic) bond motifs is 1. The molecule has 2 aromatic rings. The first-order valence-electron chi connectivity index (χ1n) is 7.95. The minimum atomic E-state index is -1.01. The van der Waals surface area contributed by atoms with Gasteiger partial charge in [0.25, 0.3) is 5.91 Å². The number of benzene rings is 2. The van der Waals surface area contributed by atoms with Crippen LogP contribution in [-0.2, 0) is 16.0 Å². The maximum Gasteiger partial charge on any atom is 0.341 e. The summed E-state index contributed by atoms with van der Waals surface area (Å²) in [7, 11) is 1.40. The first-order chi connectivity index (χ1) is 12.0. The van der Waals surface area contributed by atoms with Crippen molar-refractivity contribution >= 4 is 17.6 Å². The fourth-order valence-electron chi connectivity index (χ4n) is 2.85. The third-order valence-corrected chi connectivity index (χ3v) is 4.18. The lowest BCUT2D eigenvalue weighted by Crippen LogP contribution is -2.39. The van der Waals surface area contributed by atoms with E-state index in [0.29, 0.717) is 12.3 Å². The molecular formula is C19H18FNO4. The van der Waals surface area contributed by atoms with E-state index in [9.17, 15) is 14.0 Å². The Kier molecular flexibility index (Phi) is 4.70. The molecule has 1 aliphatic heterocycles. The average Bonchev–Trinajstić information content (AvgIpc) is 3.04. The normalized spacial score (nSPS) is 14.0. The van der Waals surface area contributed by atoms with E-state index in [1.54, 1.807) is 4.90 Å². The Morgan fingerprint density at radius 1 is 1.20 bits per heavy atom. The average molecular weight is 343 g/mol. The predicted octanol–water partition coefficient (Wildman–Crippen LogP) is 2.97. The van der Waals surface area contributed by atoms with Crippen molar-refractivity contribution in [3.8, 4) is 5.75 Å². The third kappa shape index (κ3) is 3.33. The van der Waals surface area contributed by atoms with E-state index in [0.717, 1.165) is 23.7 Å². The Balaban J connectivity index is 1.71. The number of rotatable bonds is 4. The van der Waals surface area contributed by atoms with Gasteiger partial charge in [0, 0.05) is 18.3 Å². The molecule has 0 saturated carbocycles. The number of carbonyl (C=O) groups is 2. The van der Waals surface area contributed by atoms with Crippen LogP contribution in [0, 0.1) is 5.82 Å². The van der Waals surface area contributed by atoms with Crippen LogP contribution in [0.4, 0.5) is 10.1 Å². The topological polar surface area (TPSA) is 55.8 Å². The zero-order valence-electron chi connectivity index (χ0n) is 14.0. The molecule has 0 N–H and O–H groups in total. The largest absolute Gasteiger partial charge is 0.497 e. The van der Waals surface area contributed by atoms with Gasteiger partial charge in [-0.05, 0) is 37.1 Å².